The molecule has 0 saturated heterocycles. The topological polar surface area (TPSA) is 39.2 Å². The van der Waals surface area contributed by atoms with Crippen LogP contribution in [0, 0.1) is 0 Å². The fourth-order valence-corrected chi connectivity index (χ4v) is 1.68. The van der Waals surface area contributed by atoms with Gasteiger partial charge in [0.15, 0.2) is 5.78 Å². The zero-order chi connectivity index (χ0) is 12.3. The molecule has 0 N–H and O–H groups in total. The van der Waals surface area contributed by atoms with Gasteiger partial charge in [-0.1, -0.05) is 23.7 Å². The van der Waals surface area contributed by atoms with Gasteiger partial charge in [-0.2, -0.15) is 0 Å². The van der Waals surface area contributed by atoms with Crippen molar-refractivity contribution in [2.45, 2.75) is 0 Å². The number of hydrogen-bond acceptors (Lipinski definition) is 3. The molecule has 0 aliphatic carbocycles. The van der Waals surface area contributed by atoms with Crippen molar-refractivity contribution in [1.29, 1.82) is 0 Å². The number of methoxy groups -OCH3 is 1. The van der Waals surface area contributed by atoms with Crippen LogP contribution in [0.4, 0.5) is 0 Å². The number of aromatic nitrogens is 1. The lowest BCUT2D eigenvalue weighted by atomic mass is 10.0. The van der Waals surface area contributed by atoms with Crippen molar-refractivity contribution in [2.75, 3.05) is 7.11 Å². The molecular formula is C13H10ClNO2. The number of rotatable bonds is 3. The lowest BCUT2D eigenvalue weighted by Gasteiger charge is -2.04. The summed E-state index contributed by atoms with van der Waals surface area (Å²) in [4.78, 5) is 16.0. The summed E-state index contributed by atoms with van der Waals surface area (Å²) in [7, 11) is 1.56. The summed E-state index contributed by atoms with van der Waals surface area (Å²) in [5.41, 5.74) is 0.918. The van der Waals surface area contributed by atoms with E-state index in [0.717, 1.165) is 0 Å². The SMILES string of the molecule is COc1cccc(C(=O)c2cccnc2Cl)c1. The number of benzene rings is 1. The van der Waals surface area contributed by atoms with Gasteiger partial charge in [-0.25, -0.2) is 4.98 Å². The Kier molecular flexibility index (Phi) is 3.40. The van der Waals surface area contributed by atoms with Crippen molar-refractivity contribution >= 4 is 17.4 Å². The molecule has 0 saturated carbocycles. The standard InChI is InChI=1S/C13H10ClNO2/c1-17-10-5-2-4-9(8-10)12(16)11-6-3-7-15-13(11)14/h2-8H,1H3. The van der Waals surface area contributed by atoms with E-state index in [9.17, 15) is 4.79 Å². The molecule has 0 spiro atoms. The number of ketones is 1. The molecule has 1 aromatic carbocycles. The predicted molar refractivity (Wildman–Crippen MR) is 65.7 cm³/mol. The number of halogens is 1. The van der Waals surface area contributed by atoms with Crippen molar-refractivity contribution in [1.82, 2.24) is 4.98 Å². The minimum atomic E-state index is -0.165. The van der Waals surface area contributed by atoms with Crippen LogP contribution in [0.2, 0.25) is 5.15 Å². The molecular weight excluding hydrogens is 238 g/mol. The normalized spacial score (nSPS) is 10.0. The molecule has 0 bridgehead atoms. The van der Waals surface area contributed by atoms with Crippen LogP contribution in [0.15, 0.2) is 42.6 Å². The van der Waals surface area contributed by atoms with Crippen LogP contribution in [0.1, 0.15) is 15.9 Å². The van der Waals surface area contributed by atoms with Crippen LogP contribution in [0.25, 0.3) is 0 Å². The smallest absolute Gasteiger partial charge is 0.196 e. The van der Waals surface area contributed by atoms with Crippen molar-refractivity contribution in [2.24, 2.45) is 0 Å². The van der Waals surface area contributed by atoms with Crippen LogP contribution in [0.5, 0.6) is 5.75 Å². The summed E-state index contributed by atoms with van der Waals surface area (Å²) in [6.07, 6.45) is 1.55. The summed E-state index contributed by atoms with van der Waals surface area (Å²) in [5.74, 6) is 0.470. The molecule has 0 fully saturated rings. The highest BCUT2D eigenvalue weighted by Crippen LogP contribution is 2.19. The zero-order valence-corrected chi connectivity index (χ0v) is 9.94. The fraction of sp³-hybridized carbons (Fsp3) is 0.0769. The number of carbonyl (C=O) groups excluding carboxylic acids is 1. The maximum Gasteiger partial charge on any atom is 0.196 e. The van der Waals surface area contributed by atoms with Crippen LogP contribution in [-0.4, -0.2) is 17.9 Å². The molecule has 86 valence electrons. The van der Waals surface area contributed by atoms with E-state index in [0.29, 0.717) is 16.9 Å². The maximum absolute atomic E-state index is 12.2. The number of carbonyl (C=O) groups is 1. The summed E-state index contributed by atoms with van der Waals surface area (Å²) < 4.78 is 5.07. The summed E-state index contributed by atoms with van der Waals surface area (Å²) in [5, 5.41) is 0.209. The Labute approximate surface area is 104 Å². The minimum Gasteiger partial charge on any atom is -0.497 e. The van der Waals surface area contributed by atoms with E-state index in [1.54, 1.807) is 49.7 Å². The molecule has 3 nitrogen and oxygen atoms in total. The third kappa shape index (κ3) is 2.45. The van der Waals surface area contributed by atoms with Gasteiger partial charge < -0.3 is 4.74 Å². The Morgan fingerprint density at radius 1 is 1.29 bits per heavy atom. The Hall–Kier alpha value is -1.87. The first-order valence-electron chi connectivity index (χ1n) is 5.01. The van der Waals surface area contributed by atoms with Crippen molar-refractivity contribution in [3.05, 3.63) is 58.9 Å². The van der Waals surface area contributed by atoms with E-state index >= 15 is 0 Å². The molecule has 0 atom stereocenters. The average Bonchev–Trinajstić information content (AvgIpc) is 2.38. The predicted octanol–water partition coefficient (Wildman–Crippen LogP) is 2.97. The molecule has 1 heterocycles. The Morgan fingerprint density at radius 2 is 2.12 bits per heavy atom. The Bertz CT molecular complexity index is 555. The highest BCUT2D eigenvalue weighted by atomic mass is 35.5. The van der Waals surface area contributed by atoms with Crippen molar-refractivity contribution < 1.29 is 9.53 Å². The first-order chi connectivity index (χ1) is 8.22. The Balaban J connectivity index is 2.40. The fourth-order valence-electron chi connectivity index (χ4n) is 1.48. The number of pyridine rings is 1. The molecule has 1 aromatic heterocycles. The van der Waals surface area contributed by atoms with Gasteiger partial charge >= 0.3 is 0 Å². The van der Waals surface area contributed by atoms with Crippen LogP contribution < -0.4 is 4.74 Å². The first-order valence-corrected chi connectivity index (χ1v) is 5.39. The number of nitrogens with zero attached hydrogens (tertiary/aromatic N) is 1. The van der Waals surface area contributed by atoms with Gasteiger partial charge in [0.25, 0.3) is 0 Å². The van der Waals surface area contributed by atoms with Gasteiger partial charge in [0, 0.05) is 11.8 Å². The molecule has 0 aliphatic rings. The number of ether oxygens (including phenoxy) is 1. The van der Waals surface area contributed by atoms with E-state index in [-0.39, 0.29) is 10.9 Å². The molecule has 0 unspecified atom stereocenters. The molecule has 0 amide bonds. The zero-order valence-electron chi connectivity index (χ0n) is 9.18. The van der Waals surface area contributed by atoms with Gasteiger partial charge in [-0.3, -0.25) is 4.79 Å². The second-order valence-corrected chi connectivity index (χ2v) is 3.76. The van der Waals surface area contributed by atoms with Crippen molar-refractivity contribution in [3.8, 4) is 5.75 Å². The van der Waals surface area contributed by atoms with Gasteiger partial charge in [0.2, 0.25) is 0 Å². The summed E-state index contributed by atoms with van der Waals surface area (Å²) in [6, 6.07) is 10.3. The summed E-state index contributed by atoms with van der Waals surface area (Å²) >= 11 is 5.88. The molecule has 17 heavy (non-hydrogen) atoms. The lowest BCUT2D eigenvalue weighted by molar-refractivity contribution is 0.103. The van der Waals surface area contributed by atoms with Gasteiger partial charge in [-0.15, -0.1) is 0 Å². The van der Waals surface area contributed by atoms with E-state index in [1.807, 2.05) is 0 Å². The van der Waals surface area contributed by atoms with Crippen molar-refractivity contribution in [3.63, 3.8) is 0 Å². The molecule has 2 aromatic rings. The average molecular weight is 248 g/mol. The molecule has 0 radical (unpaired) electrons. The largest absolute Gasteiger partial charge is 0.497 e. The Morgan fingerprint density at radius 3 is 2.82 bits per heavy atom. The van der Waals surface area contributed by atoms with Crippen LogP contribution in [0.3, 0.4) is 0 Å². The second-order valence-electron chi connectivity index (χ2n) is 3.40. The van der Waals surface area contributed by atoms with E-state index in [2.05, 4.69) is 4.98 Å². The molecule has 2 rings (SSSR count). The highest BCUT2D eigenvalue weighted by Gasteiger charge is 2.13. The quantitative estimate of drug-likeness (QED) is 0.618. The maximum atomic E-state index is 12.2. The summed E-state index contributed by atoms with van der Waals surface area (Å²) in [6.45, 7) is 0. The van der Waals surface area contributed by atoms with Gasteiger partial charge in [0.05, 0.1) is 12.7 Å². The van der Waals surface area contributed by atoms with E-state index in [4.69, 9.17) is 16.3 Å². The van der Waals surface area contributed by atoms with Crippen LogP contribution in [-0.2, 0) is 0 Å². The van der Waals surface area contributed by atoms with Crippen LogP contribution >= 0.6 is 11.6 Å². The van der Waals surface area contributed by atoms with Gasteiger partial charge in [0.1, 0.15) is 10.9 Å². The second kappa shape index (κ2) is 4.97. The number of hydrogen-bond donors (Lipinski definition) is 0. The van der Waals surface area contributed by atoms with E-state index in [1.165, 1.54) is 0 Å². The first kappa shape index (κ1) is 11.6. The highest BCUT2D eigenvalue weighted by molar-refractivity contribution is 6.33. The molecule has 4 heteroatoms. The third-order valence-corrected chi connectivity index (χ3v) is 2.64. The minimum absolute atomic E-state index is 0.165. The monoisotopic (exact) mass is 247 g/mol. The van der Waals surface area contributed by atoms with E-state index < -0.39 is 0 Å². The lowest BCUT2D eigenvalue weighted by Crippen LogP contribution is -2.03. The third-order valence-electron chi connectivity index (χ3n) is 2.34. The van der Waals surface area contributed by atoms with Gasteiger partial charge in [-0.05, 0) is 24.3 Å². The molecule has 0 aliphatic heterocycles.